The average Bonchev–Trinajstić information content (AvgIpc) is 2.43. The molecule has 0 aromatic carbocycles. The maximum absolute atomic E-state index is 10.2. The van der Waals surface area contributed by atoms with Crippen LogP contribution in [0.2, 0.25) is 0 Å². The number of unbranched alkanes of at least 4 members (excludes halogenated alkanes) is 14. The Kier molecular flexibility index (Phi) is 22.1. The molecular weight excluding hydrogens is 304 g/mol. The van der Waals surface area contributed by atoms with Gasteiger partial charge in [-0.3, -0.25) is 0 Å². The van der Waals surface area contributed by atoms with Crippen LogP contribution in [0.5, 0.6) is 0 Å². The summed E-state index contributed by atoms with van der Waals surface area (Å²) in [4.78, 5) is 10.2. The minimum Gasteiger partial charge on any atom is -0.550 e. The number of carboxylic acids is 1. The van der Waals surface area contributed by atoms with Crippen LogP contribution in [0.4, 0.5) is 0 Å². The van der Waals surface area contributed by atoms with Crippen LogP contribution >= 0.6 is 0 Å². The molecule has 0 bridgehead atoms. The Balaban J connectivity index is 0. The predicted octanol–water partition coefficient (Wildman–Crippen LogP) is 5.00. The summed E-state index contributed by atoms with van der Waals surface area (Å²) in [5, 5.41) is 10.2. The SMILES string of the molecule is CCCCCCCCCCCCCCCCCC(=O)[O-].[Fe]. The Hall–Kier alpha value is -0.0105. The zero-order valence-electron chi connectivity index (χ0n) is 14.0. The Bertz CT molecular complexity index is 207. The van der Waals surface area contributed by atoms with Crippen LogP contribution in [-0.4, -0.2) is 5.97 Å². The van der Waals surface area contributed by atoms with Gasteiger partial charge in [-0.1, -0.05) is 96.8 Å². The van der Waals surface area contributed by atoms with Gasteiger partial charge in [0.2, 0.25) is 0 Å². The van der Waals surface area contributed by atoms with Crippen molar-refractivity contribution in [3.05, 3.63) is 0 Å². The second-order valence-electron chi connectivity index (χ2n) is 6.07. The normalized spacial score (nSPS) is 10.3. The van der Waals surface area contributed by atoms with Gasteiger partial charge >= 0.3 is 0 Å². The van der Waals surface area contributed by atoms with E-state index < -0.39 is 5.97 Å². The molecule has 0 rings (SSSR count). The minimum absolute atomic E-state index is 0. The molecule has 2 nitrogen and oxygen atoms in total. The van der Waals surface area contributed by atoms with Gasteiger partial charge in [0.25, 0.3) is 0 Å². The van der Waals surface area contributed by atoms with Crippen LogP contribution in [0.25, 0.3) is 0 Å². The summed E-state index contributed by atoms with van der Waals surface area (Å²) in [6.07, 6.45) is 19.9. The summed E-state index contributed by atoms with van der Waals surface area (Å²) in [5.41, 5.74) is 0. The largest absolute Gasteiger partial charge is 0.550 e. The van der Waals surface area contributed by atoms with Crippen molar-refractivity contribution in [3.8, 4) is 0 Å². The van der Waals surface area contributed by atoms with Crippen molar-refractivity contribution in [2.75, 3.05) is 0 Å². The molecule has 0 heterocycles. The van der Waals surface area contributed by atoms with E-state index in [0.717, 1.165) is 12.8 Å². The van der Waals surface area contributed by atoms with Gasteiger partial charge in [-0.15, -0.1) is 0 Å². The number of aliphatic carboxylic acids is 1. The van der Waals surface area contributed by atoms with Crippen molar-refractivity contribution < 1.29 is 27.0 Å². The quantitative estimate of drug-likeness (QED) is 0.293. The zero-order chi connectivity index (χ0) is 14.9. The van der Waals surface area contributed by atoms with Crippen LogP contribution < -0.4 is 5.11 Å². The van der Waals surface area contributed by atoms with Gasteiger partial charge in [-0.25, -0.2) is 0 Å². The van der Waals surface area contributed by atoms with Crippen molar-refractivity contribution >= 4 is 5.97 Å². The van der Waals surface area contributed by atoms with Crippen molar-refractivity contribution in [1.29, 1.82) is 0 Å². The molecule has 0 saturated heterocycles. The maximum Gasteiger partial charge on any atom is 0.0414 e. The second-order valence-corrected chi connectivity index (χ2v) is 6.07. The number of hydrogen-bond donors (Lipinski definition) is 0. The molecule has 0 aliphatic rings. The van der Waals surface area contributed by atoms with Gasteiger partial charge in [-0.2, -0.15) is 0 Å². The fourth-order valence-electron chi connectivity index (χ4n) is 2.64. The van der Waals surface area contributed by atoms with Crippen LogP contribution in [0.15, 0.2) is 0 Å². The van der Waals surface area contributed by atoms with E-state index in [0.29, 0.717) is 0 Å². The van der Waals surface area contributed by atoms with Crippen LogP contribution in [-0.2, 0) is 21.9 Å². The monoisotopic (exact) mass is 339 g/mol. The summed E-state index contributed by atoms with van der Waals surface area (Å²) in [5.74, 6) is -0.903. The Morgan fingerprint density at radius 3 is 1.19 bits per heavy atom. The van der Waals surface area contributed by atoms with Gasteiger partial charge in [-0.05, 0) is 12.8 Å². The second kappa shape index (κ2) is 20.0. The Morgan fingerprint density at radius 1 is 0.619 bits per heavy atom. The molecular formula is C18H35FeO2-. The van der Waals surface area contributed by atoms with Gasteiger partial charge in [0.15, 0.2) is 0 Å². The molecule has 0 aliphatic heterocycles. The average molecular weight is 339 g/mol. The molecule has 0 N–H and O–H groups in total. The zero-order valence-corrected chi connectivity index (χ0v) is 15.1. The molecule has 0 aromatic heterocycles. The fourth-order valence-corrected chi connectivity index (χ4v) is 2.64. The van der Waals surface area contributed by atoms with Gasteiger partial charge in [0, 0.05) is 23.0 Å². The summed E-state index contributed by atoms with van der Waals surface area (Å²) in [6, 6.07) is 0. The first-order valence-electron chi connectivity index (χ1n) is 8.97. The summed E-state index contributed by atoms with van der Waals surface area (Å²) in [6.45, 7) is 2.27. The van der Waals surface area contributed by atoms with E-state index >= 15 is 0 Å². The van der Waals surface area contributed by atoms with Crippen molar-refractivity contribution in [3.63, 3.8) is 0 Å². The molecule has 21 heavy (non-hydrogen) atoms. The summed E-state index contributed by atoms with van der Waals surface area (Å²) < 4.78 is 0. The first kappa shape index (κ1) is 23.3. The summed E-state index contributed by atoms with van der Waals surface area (Å²) >= 11 is 0. The third-order valence-electron chi connectivity index (χ3n) is 3.98. The van der Waals surface area contributed by atoms with Crippen molar-refractivity contribution in [1.82, 2.24) is 0 Å². The number of hydrogen-bond acceptors (Lipinski definition) is 2. The third kappa shape index (κ3) is 22.4. The molecule has 0 atom stereocenters. The molecule has 0 aromatic rings. The molecule has 0 saturated carbocycles. The first-order valence-corrected chi connectivity index (χ1v) is 8.97. The molecule has 0 fully saturated rings. The topological polar surface area (TPSA) is 40.1 Å². The van der Waals surface area contributed by atoms with E-state index in [1.165, 1.54) is 83.5 Å². The Labute approximate surface area is 142 Å². The van der Waals surface area contributed by atoms with Crippen molar-refractivity contribution in [2.45, 2.75) is 110 Å². The van der Waals surface area contributed by atoms with Crippen LogP contribution in [0.1, 0.15) is 110 Å². The third-order valence-corrected chi connectivity index (χ3v) is 3.98. The summed E-state index contributed by atoms with van der Waals surface area (Å²) in [7, 11) is 0. The predicted molar refractivity (Wildman–Crippen MR) is 84.6 cm³/mol. The van der Waals surface area contributed by atoms with E-state index in [1.807, 2.05) is 0 Å². The van der Waals surface area contributed by atoms with Crippen molar-refractivity contribution in [2.24, 2.45) is 0 Å². The number of carboxylic acid groups (broad SMARTS) is 1. The minimum atomic E-state index is -0.903. The molecule has 3 heteroatoms. The van der Waals surface area contributed by atoms with Gasteiger partial charge < -0.3 is 9.90 Å². The van der Waals surface area contributed by atoms with Crippen LogP contribution in [0, 0.1) is 0 Å². The fraction of sp³-hybridized carbons (Fsp3) is 0.944. The smallest absolute Gasteiger partial charge is 0.0414 e. The van der Waals surface area contributed by atoms with E-state index in [1.54, 1.807) is 0 Å². The van der Waals surface area contributed by atoms with Crippen LogP contribution in [0.3, 0.4) is 0 Å². The number of carbonyl (C=O) groups excluding carboxylic acids is 1. The van der Waals surface area contributed by atoms with E-state index in [9.17, 15) is 9.90 Å². The molecule has 0 aliphatic carbocycles. The molecule has 0 amide bonds. The van der Waals surface area contributed by atoms with E-state index in [4.69, 9.17) is 0 Å². The first-order chi connectivity index (χ1) is 9.77. The van der Waals surface area contributed by atoms with E-state index in [-0.39, 0.29) is 23.5 Å². The number of carbonyl (C=O) groups is 1. The van der Waals surface area contributed by atoms with Gasteiger partial charge in [0.1, 0.15) is 0 Å². The Morgan fingerprint density at radius 2 is 0.905 bits per heavy atom. The molecule has 0 radical (unpaired) electrons. The van der Waals surface area contributed by atoms with E-state index in [2.05, 4.69) is 6.92 Å². The molecule has 0 spiro atoms. The maximum atomic E-state index is 10.2. The number of rotatable bonds is 16. The van der Waals surface area contributed by atoms with Gasteiger partial charge in [0.05, 0.1) is 0 Å². The molecule has 0 unspecified atom stereocenters. The standard InChI is InChI=1S/C18H36O2.Fe/c1-2-3-4-5-6-7-8-9-10-11-12-13-14-15-16-17-18(19)20;/h2-17H2,1H3,(H,19,20);/p-1. The molecule has 128 valence electrons.